The molecule has 0 aliphatic rings. The fourth-order valence-electron chi connectivity index (χ4n) is 1.02. The zero-order valence-corrected chi connectivity index (χ0v) is 8.46. The van der Waals surface area contributed by atoms with E-state index in [1.165, 1.54) is 12.1 Å². The summed E-state index contributed by atoms with van der Waals surface area (Å²) in [6.07, 6.45) is 0. The number of hydrogen-bond donors (Lipinski definition) is 0. The average molecular weight is 222 g/mol. The lowest BCUT2D eigenvalue weighted by atomic mass is 10.3. The molecule has 6 nitrogen and oxygen atoms in total. The molecule has 0 aliphatic carbocycles. The molecule has 0 saturated carbocycles. The van der Waals surface area contributed by atoms with Gasteiger partial charge >= 0.3 is 0 Å². The predicted molar refractivity (Wildman–Crippen MR) is 55.0 cm³/mol. The van der Waals surface area contributed by atoms with Gasteiger partial charge in [0.1, 0.15) is 19.0 Å². The predicted octanol–water partition coefficient (Wildman–Crippen LogP) is 1.51. The van der Waals surface area contributed by atoms with Crippen LogP contribution in [0.3, 0.4) is 0 Å². The van der Waals surface area contributed by atoms with Gasteiger partial charge in [-0.3, -0.25) is 10.1 Å². The van der Waals surface area contributed by atoms with Gasteiger partial charge in [-0.25, -0.2) is 0 Å². The van der Waals surface area contributed by atoms with Crippen molar-refractivity contribution in [3.63, 3.8) is 0 Å². The number of benzene rings is 1. The molecule has 0 atom stereocenters. The van der Waals surface area contributed by atoms with E-state index in [2.05, 4.69) is 0 Å². The lowest BCUT2D eigenvalue weighted by molar-refractivity contribution is -0.384. The van der Waals surface area contributed by atoms with Gasteiger partial charge in [0.15, 0.2) is 0 Å². The molecule has 6 heteroatoms. The Labute approximate surface area is 92.2 Å². The third-order valence-electron chi connectivity index (χ3n) is 1.69. The zero-order valence-electron chi connectivity index (χ0n) is 8.46. The lowest BCUT2D eigenvalue weighted by Crippen LogP contribution is -2.06. The SMILES string of the molecule is N#CCOCCOc1cccc([N+](=O)[O-])c1. The molecule has 0 aromatic heterocycles. The van der Waals surface area contributed by atoms with Crippen molar-refractivity contribution in [2.45, 2.75) is 0 Å². The summed E-state index contributed by atoms with van der Waals surface area (Å²) in [5, 5.41) is 18.6. The van der Waals surface area contributed by atoms with E-state index < -0.39 is 4.92 Å². The first kappa shape index (κ1) is 11.9. The van der Waals surface area contributed by atoms with Gasteiger partial charge in [-0.2, -0.15) is 5.26 Å². The summed E-state index contributed by atoms with van der Waals surface area (Å²) in [6.45, 7) is 0.539. The van der Waals surface area contributed by atoms with Crippen LogP contribution in [0.25, 0.3) is 0 Å². The van der Waals surface area contributed by atoms with Crippen molar-refractivity contribution >= 4 is 5.69 Å². The Morgan fingerprint density at radius 1 is 1.44 bits per heavy atom. The van der Waals surface area contributed by atoms with Crippen LogP contribution in [0.1, 0.15) is 0 Å². The Morgan fingerprint density at radius 2 is 2.25 bits per heavy atom. The summed E-state index contributed by atoms with van der Waals surface area (Å²) in [4.78, 5) is 9.97. The molecule has 0 amide bonds. The first-order chi connectivity index (χ1) is 7.74. The second kappa shape index (κ2) is 6.37. The largest absolute Gasteiger partial charge is 0.491 e. The van der Waals surface area contributed by atoms with Crippen LogP contribution in [0, 0.1) is 21.4 Å². The fourth-order valence-corrected chi connectivity index (χ4v) is 1.02. The smallest absolute Gasteiger partial charge is 0.273 e. The molecular formula is C10H10N2O4. The average Bonchev–Trinajstić information content (AvgIpc) is 2.29. The van der Waals surface area contributed by atoms with Crippen molar-refractivity contribution in [1.82, 2.24) is 0 Å². The summed E-state index contributed by atoms with van der Waals surface area (Å²) in [5.74, 6) is 0.412. The second-order valence-corrected chi connectivity index (χ2v) is 2.81. The summed E-state index contributed by atoms with van der Waals surface area (Å²) in [6, 6.07) is 7.72. The highest BCUT2D eigenvalue weighted by Gasteiger charge is 2.05. The van der Waals surface area contributed by atoms with Gasteiger partial charge in [-0.15, -0.1) is 0 Å². The number of nitro groups is 1. The van der Waals surface area contributed by atoms with E-state index >= 15 is 0 Å². The highest BCUT2D eigenvalue weighted by Crippen LogP contribution is 2.18. The molecule has 0 N–H and O–H groups in total. The van der Waals surface area contributed by atoms with Gasteiger partial charge in [0.05, 0.1) is 23.7 Å². The van der Waals surface area contributed by atoms with Crippen molar-refractivity contribution in [2.24, 2.45) is 0 Å². The van der Waals surface area contributed by atoms with Crippen LogP contribution in [0.15, 0.2) is 24.3 Å². The number of ether oxygens (including phenoxy) is 2. The molecule has 0 fully saturated rings. The summed E-state index contributed by atoms with van der Waals surface area (Å²) in [5.41, 5.74) is -0.0181. The Hall–Kier alpha value is -2.13. The third-order valence-corrected chi connectivity index (χ3v) is 1.69. The highest BCUT2D eigenvalue weighted by molar-refractivity contribution is 5.37. The number of nitro benzene ring substituents is 1. The summed E-state index contributed by atoms with van der Waals surface area (Å²) in [7, 11) is 0. The minimum Gasteiger partial charge on any atom is -0.491 e. The summed E-state index contributed by atoms with van der Waals surface area (Å²) < 4.78 is 10.1. The van der Waals surface area contributed by atoms with Gasteiger partial charge in [0.2, 0.25) is 0 Å². The van der Waals surface area contributed by atoms with Crippen LogP contribution >= 0.6 is 0 Å². The Kier molecular flexibility index (Phi) is 4.76. The normalized spacial score (nSPS) is 9.44. The zero-order chi connectivity index (χ0) is 11.8. The topological polar surface area (TPSA) is 85.4 Å². The van der Waals surface area contributed by atoms with E-state index in [4.69, 9.17) is 14.7 Å². The van der Waals surface area contributed by atoms with Crippen LogP contribution in [0.5, 0.6) is 5.75 Å². The molecular weight excluding hydrogens is 212 g/mol. The van der Waals surface area contributed by atoms with E-state index in [0.717, 1.165) is 0 Å². The Morgan fingerprint density at radius 3 is 2.94 bits per heavy atom. The van der Waals surface area contributed by atoms with Gasteiger partial charge in [0.25, 0.3) is 5.69 Å². The second-order valence-electron chi connectivity index (χ2n) is 2.81. The number of hydrogen-bond acceptors (Lipinski definition) is 5. The molecule has 84 valence electrons. The maximum Gasteiger partial charge on any atom is 0.273 e. The van der Waals surface area contributed by atoms with E-state index in [-0.39, 0.29) is 25.5 Å². The van der Waals surface area contributed by atoms with Crippen LogP contribution in [-0.2, 0) is 4.74 Å². The molecule has 1 aromatic carbocycles. The van der Waals surface area contributed by atoms with Crippen molar-refractivity contribution in [3.8, 4) is 11.8 Å². The van der Waals surface area contributed by atoms with Gasteiger partial charge in [-0.1, -0.05) is 6.07 Å². The molecule has 0 aliphatic heterocycles. The lowest BCUT2D eigenvalue weighted by Gasteiger charge is -2.04. The van der Waals surface area contributed by atoms with Crippen molar-refractivity contribution in [2.75, 3.05) is 19.8 Å². The van der Waals surface area contributed by atoms with E-state index in [0.29, 0.717) is 5.75 Å². The standard InChI is InChI=1S/C10H10N2O4/c11-4-5-15-6-7-16-10-3-1-2-9(8-10)12(13)14/h1-3,8H,5-7H2. The molecule has 0 bridgehead atoms. The quantitative estimate of drug-likeness (QED) is 0.413. The molecule has 0 spiro atoms. The molecule has 16 heavy (non-hydrogen) atoms. The van der Waals surface area contributed by atoms with Crippen molar-refractivity contribution in [3.05, 3.63) is 34.4 Å². The first-order valence-corrected chi connectivity index (χ1v) is 4.56. The Balaban J connectivity index is 2.39. The number of nitriles is 1. The minimum absolute atomic E-state index is 0.0122. The molecule has 1 rings (SSSR count). The third kappa shape index (κ3) is 3.94. The fraction of sp³-hybridized carbons (Fsp3) is 0.300. The minimum atomic E-state index is -0.487. The number of nitrogens with zero attached hydrogens (tertiary/aromatic N) is 2. The molecule has 0 unspecified atom stereocenters. The van der Waals surface area contributed by atoms with Gasteiger partial charge in [-0.05, 0) is 6.07 Å². The Bertz CT molecular complexity index is 400. The molecule has 1 aromatic rings. The summed E-state index contributed by atoms with van der Waals surface area (Å²) >= 11 is 0. The maximum atomic E-state index is 10.5. The van der Waals surface area contributed by atoms with E-state index in [1.807, 2.05) is 6.07 Å². The van der Waals surface area contributed by atoms with E-state index in [1.54, 1.807) is 12.1 Å². The van der Waals surface area contributed by atoms with Crippen LogP contribution < -0.4 is 4.74 Å². The first-order valence-electron chi connectivity index (χ1n) is 4.56. The number of rotatable bonds is 6. The van der Waals surface area contributed by atoms with Crippen molar-refractivity contribution < 1.29 is 14.4 Å². The van der Waals surface area contributed by atoms with E-state index in [9.17, 15) is 10.1 Å². The van der Waals surface area contributed by atoms with Crippen LogP contribution in [-0.4, -0.2) is 24.7 Å². The monoisotopic (exact) mass is 222 g/mol. The molecule has 0 saturated heterocycles. The van der Waals surface area contributed by atoms with Crippen LogP contribution in [0.4, 0.5) is 5.69 Å². The maximum absolute atomic E-state index is 10.5. The van der Waals surface area contributed by atoms with Crippen molar-refractivity contribution in [1.29, 1.82) is 5.26 Å². The highest BCUT2D eigenvalue weighted by atomic mass is 16.6. The molecule has 0 heterocycles. The number of non-ortho nitro benzene ring substituents is 1. The van der Waals surface area contributed by atoms with Gasteiger partial charge < -0.3 is 9.47 Å². The molecule has 0 radical (unpaired) electrons. The van der Waals surface area contributed by atoms with Crippen LogP contribution in [0.2, 0.25) is 0 Å². The van der Waals surface area contributed by atoms with Gasteiger partial charge in [0, 0.05) is 6.07 Å².